The molecule has 0 aliphatic heterocycles. The summed E-state index contributed by atoms with van der Waals surface area (Å²) in [5, 5.41) is 7.57. The van der Waals surface area contributed by atoms with Gasteiger partial charge in [0.25, 0.3) is 0 Å². The maximum absolute atomic E-state index is 11.8. The SMILES string of the molecule is CCCC[N+](CC)(CCC)CCOC(=O)c1ccc[nH]1.CCCC[N+](CC)(CCC)CCOC(=O)c1cccs1.CCC[N+](CC)(CCC)CCOC(=O)c1ccc[nH]1.CCC[N+](CC)(CCC)CCOC(=O)c1cccs1.CC[N+](CC)(CC)CCOC(=O)c1cccs1.C[N+](C)(C)CCOC(=O)c1cccs1. The van der Waals surface area contributed by atoms with Crippen molar-refractivity contribution in [3.8, 4) is 0 Å². The second-order valence-electron chi connectivity index (χ2n) is 28.9. The molecule has 0 amide bonds. The first kappa shape index (κ1) is 101. The summed E-state index contributed by atoms with van der Waals surface area (Å²) in [5.74, 6) is -1.28. The summed E-state index contributed by atoms with van der Waals surface area (Å²) in [6.07, 6.45) is 15.4. The Morgan fingerprint density at radius 2 is 0.505 bits per heavy atom. The minimum Gasteiger partial charge on any atom is -0.456 e. The lowest BCUT2D eigenvalue weighted by Gasteiger charge is -2.37. The van der Waals surface area contributed by atoms with Gasteiger partial charge in [0.1, 0.15) is 110 Å². The molecule has 0 bridgehead atoms. The molecular weight excluding hydrogens is 1450 g/mol. The van der Waals surface area contributed by atoms with Crippen molar-refractivity contribution in [2.24, 2.45) is 0 Å². The highest BCUT2D eigenvalue weighted by Crippen LogP contribution is 2.19. The molecule has 20 nitrogen and oxygen atoms in total. The van der Waals surface area contributed by atoms with E-state index < -0.39 is 0 Å². The molecule has 2 atom stereocenters. The highest BCUT2D eigenvalue weighted by Gasteiger charge is 2.29. The number of nitrogens with zero attached hydrogens (tertiary/aromatic N) is 6. The van der Waals surface area contributed by atoms with Gasteiger partial charge in [-0.2, -0.15) is 0 Å². The number of esters is 6. The number of rotatable bonds is 49. The summed E-state index contributed by atoms with van der Waals surface area (Å²) in [6, 6.07) is 21.8. The van der Waals surface area contributed by atoms with E-state index in [2.05, 4.69) is 135 Å². The first-order chi connectivity index (χ1) is 52.3. The lowest BCUT2D eigenvalue weighted by molar-refractivity contribution is -0.926. The number of nitrogens with one attached hydrogen (secondary N) is 2. The first-order valence-electron chi connectivity index (χ1n) is 40.8. The first-order valence-corrected chi connectivity index (χ1v) is 44.4. The third kappa shape index (κ3) is 41.3. The van der Waals surface area contributed by atoms with Crippen LogP contribution in [0, 0.1) is 0 Å². The molecule has 24 heteroatoms. The molecule has 0 spiro atoms. The van der Waals surface area contributed by atoms with Gasteiger partial charge < -0.3 is 65.3 Å². The van der Waals surface area contributed by atoms with E-state index in [1.165, 1.54) is 142 Å². The molecule has 0 saturated carbocycles. The topological polar surface area (TPSA) is 189 Å². The van der Waals surface area contributed by atoms with Crippen molar-refractivity contribution in [1.29, 1.82) is 0 Å². The number of thiophene rings is 4. The zero-order valence-electron chi connectivity index (χ0n) is 70.8. The number of aromatic nitrogens is 2. The molecule has 0 radical (unpaired) electrons. The molecule has 6 heterocycles. The summed E-state index contributed by atoms with van der Waals surface area (Å²) in [7, 11) is 6.21. The molecule has 618 valence electrons. The van der Waals surface area contributed by atoms with Crippen LogP contribution in [0.15, 0.2) is 107 Å². The van der Waals surface area contributed by atoms with Crippen molar-refractivity contribution in [3.05, 3.63) is 138 Å². The van der Waals surface area contributed by atoms with Gasteiger partial charge in [-0.3, -0.25) is 0 Å². The Hall–Kier alpha value is -6.06. The van der Waals surface area contributed by atoms with Crippen LogP contribution >= 0.6 is 45.3 Å². The van der Waals surface area contributed by atoms with Gasteiger partial charge in [0.05, 0.1) is 119 Å². The molecule has 0 aliphatic rings. The number of quaternary nitrogens is 6. The maximum Gasteiger partial charge on any atom is 0.354 e. The molecule has 0 saturated heterocycles. The number of aromatic amines is 2. The average molecular weight is 1600 g/mol. The lowest BCUT2D eigenvalue weighted by Crippen LogP contribution is -2.51. The van der Waals surface area contributed by atoms with Crippen molar-refractivity contribution in [3.63, 3.8) is 0 Å². The smallest absolute Gasteiger partial charge is 0.354 e. The quantitative estimate of drug-likeness (QED) is 0.0209. The lowest BCUT2D eigenvalue weighted by atomic mass is 10.2. The van der Waals surface area contributed by atoms with Gasteiger partial charge in [-0.1, -0.05) is 92.5 Å². The van der Waals surface area contributed by atoms with Crippen LogP contribution < -0.4 is 0 Å². The van der Waals surface area contributed by atoms with E-state index in [1.54, 1.807) is 48.8 Å². The molecule has 6 aromatic heterocycles. The maximum atomic E-state index is 11.8. The van der Waals surface area contributed by atoms with Crippen molar-refractivity contribution in [1.82, 2.24) is 9.97 Å². The Balaban J connectivity index is 0.000000656. The van der Waals surface area contributed by atoms with Crippen LogP contribution in [0.4, 0.5) is 0 Å². The molecule has 0 aromatic carbocycles. The zero-order valence-corrected chi connectivity index (χ0v) is 74.0. The second kappa shape index (κ2) is 58.8. The highest BCUT2D eigenvalue weighted by molar-refractivity contribution is 7.12. The molecule has 109 heavy (non-hydrogen) atoms. The third-order valence-electron chi connectivity index (χ3n) is 20.4. The van der Waals surface area contributed by atoms with Crippen molar-refractivity contribution in [2.75, 3.05) is 198 Å². The Labute approximate surface area is 674 Å². The fraction of sp³-hybridized carbons (Fsp3) is 0.647. The van der Waals surface area contributed by atoms with Crippen LogP contribution in [0.5, 0.6) is 0 Å². The monoisotopic (exact) mass is 1600 g/mol. The van der Waals surface area contributed by atoms with Gasteiger partial charge in [0.15, 0.2) is 0 Å². The van der Waals surface area contributed by atoms with Crippen molar-refractivity contribution >= 4 is 81.2 Å². The van der Waals surface area contributed by atoms with Gasteiger partial charge in [0.2, 0.25) is 0 Å². The normalized spacial score (nSPS) is 12.4. The standard InChI is InChI=1S/C16H28N2O2.C16H28NO2S.C15H26N2O2.C15H26NO2S.C13H22NO2S.C10H16NO2S/c1-4-7-12-18(6-3,11-5-2)13-14-20-16(19)15-9-8-10-17-15;1-4-7-11-17(6-3,10-5-2)12-13-19-16(18)15-9-8-14-20-15;1-4-10-17(6-3,11-5-2)12-13-19-15(18)14-8-7-9-16-14;1-4-9-16(6-3,10-5-2)11-12-18-15(17)14-8-7-13-19-14;1-4-14(5-2,6-3)9-10-16-13(15)12-8-7-11-17-12;1-11(2,3)6-7-13-10(12)9-5-4-8-14-9/h8-10H,4-7,11-14H2,1-3H3;8-9,14H,4-7,10-13H2,1-3H3;7-9H,4-6,10-13H2,1-3H3;7-8,13H,4-6,9-12H2,1-3H3;7-8,11H,4-6,9-10H2,1-3H3;4-5,8H,6-7H2,1-3H3/q;+1;;3*+1/p+2. The van der Waals surface area contributed by atoms with Crippen LogP contribution in [0.25, 0.3) is 0 Å². The number of carbonyl (C=O) groups excluding carboxylic acids is 6. The minimum absolute atomic E-state index is 0.179. The van der Waals surface area contributed by atoms with Crippen LogP contribution in [-0.2, 0) is 28.4 Å². The molecular formula is C85H148N8O12S4+6. The Morgan fingerprint density at radius 3 is 0.697 bits per heavy atom. The van der Waals surface area contributed by atoms with E-state index in [4.69, 9.17) is 28.4 Å². The minimum atomic E-state index is -0.257. The van der Waals surface area contributed by atoms with E-state index in [0.717, 1.165) is 132 Å². The van der Waals surface area contributed by atoms with E-state index >= 15 is 0 Å². The summed E-state index contributed by atoms with van der Waals surface area (Å²) in [5.41, 5.74) is 1.06. The van der Waals surface area contributed by atoms with E-state index in [1.807, 2.05) is 57.9 Å². The molecule has 0 aliphatic carbocycles. The summed E-state index contributed by atoms with van der Waals surface area (Å²) in [4.78, 5) is 78.6. The Kier molecular flexibility index (Phi) is 54.4. The van der Waals surface area contributed by atoms with E-state index in [9.17, 15) is 28.8 Å². The predicted molar refractivity (Wildman–Crippen MR) is 453 cm³/mol. The Bertz CT molecular complexity index is 3030. The molecule has 2 N–H and O–H groups in total. The summed E-state index contributed by atoms with van der Waals surface area (Å²) < 4.78 is 38.0. The van der Waals surface area contributed by atoms with Gasteiger partial charge in [-0.15, -0.1) is 45.3 Å². The van der Waals surface area contributed by atoms with Crippen LogP contribution in [0.2, 0.25) is 0 Å². The number of likely N-dealkylation sites (N-methyl/N-ethyl adjacent to an activating group) is 6. The van der Waals surface area contributed by atoms with Gasteiger partial charge in [-0.25, -0.2) is 28.8 Å². The number of unbranched alkanes of at least 4 members (excludes halogenated alkanes) is 2. The summed E-state index contributed by atoms with van der Waals surface area (Å²) in [6.45, 7) is 58.7. The molecule has 6 aromatic rings. The van der Waals surface area contributed by atoms with Gasteiger partial charge >= 0.3 is 35.8 Å². The molecule has 2 unspecified atom stereocenters. The predicted octanol–water partition coefficient (Wildman–Crippen LogP) is 18.0. The van der Waals surface area contributed by atoms with E-state index in [-0.39, 0.29) is 35.8 Å². The van der Waals surface area contributed by atoms with Gasteiger partial charge in [0, 0.05) is 12.4 Å². The number of carbonyl (C=O) groups is 6. The third-order valence-corrected chi connectivity index (χ3v) is 23.8. The fourth-order valence-corrected chi connectivity index (χ4v) is 15.7. The number of ether oxygens (including phenoxy) is 6. The van der Waals surface area contributed by atoms with Gasteiger partial charge in [-0.05, 0) is 170 Å². The number of hydrogen-bond donors (Lipinski definition) is 2. The van der Waals surface area contributed by atoms with Crippen molar-refractivity contribution in [2.45, 2.75) is 168 Å². The number of H-pyrrole nitrogens is 2. The zero-order chi connectivity index (χ0) is 81.3. The molecule has 0 fully saturated rings. The summed E-state index contributed by atoms with van der Waals surface area (Å²) >= 11 is 5.71. The second-order valence-corrected chi connectivity index (χ2v) is 32.7. The largest absolute Gasteiger partial charge is 0.456 e. The molecule has 6 rings (SSSR count). The highest BCUT2D eigenvalue weighted by atomic mass is 32.1. The van der Waals surface area contributed by atoms with Crippen LogP contribution in [0.3, 0.4) is 0 Å². The van der Waals surface area contributed by atoms with Crippen molar-refractivity contribution < 1.29 is 84.1 Å². The Morgan fingerprint density at radius 1 is 0.275 bits per heavy atom. The van der Waals surface area contributed by atoms with E-state index in [0.29, 0.717) is 70.5 Å². The fourth-order valence-electron chi connectivity index (χ4n) is 13.2. The van der Waals surface area contributed by atoms with Crippen LogP contribution in [-0.4, -0.2) is 271 Å². The number of hydrogen-bond acceptors (Lipinski definition) is 16. The average Bonchev–Trinajstić information content (AvgIpc) is 1.37. The van der Waals surface area contributed by atoms with Crippen LogP contribution in [0.1, 0.15) is 228 Å².